The van der Waals surface area contributed by atoms with E-state index in [1.807, 2.05) is 24.2 Å². The molecule has 1 heterocycles. The quantitative estimate of drug-likeness (QED) is 0.470. The van der Waals surface area contributed by atoms with Gasteiger partial charge in [0, 0.05) is 13.6 Å². The van der Waals surface area contributed by atoms with Crippen molar-refractivity contribution in [3.8, 4) is 6.07 Å². The molecule has 0 bridgehead atoms. The third-order valence-electron chi connectivity index (χ3n) is 1.00. The number of allylic oxidation sites excluding steroid dienone is 1. The predicted molar refractivity (Wildman–Crippen MR) is 29.5 cm³/mol. The van der Waals surface area contributed by atoms with Gasteiger partial charge in [0.25, 0.3) is 0 Å². The van der Waals surface area contributed by atoms with Crippen LogP contribution in [-0.2, 0) is 0 Å². The predicted octanol–water partition coefficient (Wildman–Crippen LogP) is -0.156. The molecule has 1 aliphatic heterocycles. The zero-order chi connectivity index (χ0) is 5.98. The normalized spacial score (nSPS) is 19.2. The Morgan fingerprint density at radius 2 is 2.75 bits per heavy atom. The molecule has 0 radical (unpaired) electrons. The molecular weight excluding hydrogens is 102 g/mol. The minimum atomic E-state index is 0.646. The van der Waals surface area contributed by atoms with Gasteiger partial charge in [-0.05, 0) is 6.08 Å². The number of hydrogen-bond acceptors (Lipinski definition) is 3. The van der Waals surface area contributed by atoms with Crippen LogP contribution in [0.15, 0.2) is 11.8 Å². The molecule has 1 aliphatic rings. The van der Waals surface area contributed by atoms with Crippen LogP contribution in [0, 0.1) is 11.3 Å². The molecule has 3 nitrogen and oxygen atoms in total. The van der Waals surface area contributed by atoms with Gasteiger partial charge in [-0.1, -0.05) is 0 Å². The van der Waals surface area contributed by atoms with Gasteiger partial charge in [-0.2, -0.15) is 5.26 Å². The fourth-order valence-corrected chi connectivity index (χ4v) is 0.596. The topological polar surface area (TPSA) is 39.1 Å². The number of hydrazine groups is 1. The van der Waals surface area contributed by atoms with Gasteiger partial charge in [0.1, 0.15) is 11.8 Å². The van der Waals surface area contributed by atoms with Crippen molar-refractivity contribution in [3.63, 3.8) is 0 Å². The molecule has 0 aromatic rings. The molecule has 1 rings (SSSR count). The highest BCUT2D eigenvalue weighted by Crippen LogP contribution is 1.95. The van der Waals surface area contributed by atoms with E-state index >= 15 is 0 Å². The van der Waals surface area contributed by atoms with Crippen LogP contribution in [0.1, 0.15) is 0 Å². The molecule has 0 aromatic heterocycles. The minimum Gasteiger partial charge on any atom is -0.310 e. The average Bonchev–Trinajstić information content (AvgIpc) is 2.14. The second-order valence-corrected chi connectivity index (χ2v) is 1.72. The van der Waals surface area contributed by atoms with E-state index in [1.54, 1.807) is 0 Å². The fraction of sp³-hybridized carbons (Fsp3) is 0.400. The number of nitrogens with one attached hydrogen (secondary N) is 1. The molecular formula is C5H7N3. The van der Waals surface area contributed by atoms with Crippen molar-refractivity contribution in [1.82, 2.24) is 10.4 Å². The number of hydrogen-bond donors (Lipinski definition) is 1. The van der Waals surface area contributed by atoms with E-state index in [2.05, 4.69) is 5.43 Å². The zero-order valence-corrected chi connectivity index (χ0v) is 4.68. The molecule has 0 amide bonds. The molecule has 0 saturated heterocycles. The van der Waals surface area contributed by atoms with Gasteiger partial charge < -0.3 is 5.43 Å². The largest absolute Gasteiger partial charge is 0.310 e. The third kappa shape index (κ3) is 0.796. The lowest BCUT2D eigenvalue weighted by molar-refractivity contribution is 0.326. The molecule has 1 N–H and O–H groups in total. The van der Waals surface area contributed by atoms with Crippen LogP contribution in [0.2, 0.25) is 0 Å². The van der Waals surface area contributed by atoms with Gasteiger partial charge in [0.2, 0.25) is 0 Å². The first-order chi connectivity index (χ1) is 3.83. The van der Waals surface area contributed by atoms with Crippen molar-refractivity contribution in [2.75, 3.05) is 13.6 Å². The lowest BCUT2D eigenvalue weighted by Crippen LogP contribution is -2.26. The third-order valence-corrected chi connectivity index (χ3v) is 1.00. The standard InChI is InChI=1S/C5H7N3/c1-8-3-2-5(4-6)7-8/h2,7H,3H2,1H3. The monoisotopic (exact) mass is 109 g/mol. The van der Waals surface area contributed by atoms with Gasteiger partial charge in [-0.3, -0.25) is 0 Å². The Morgan fingerprint density at radius 1 is 2.00 bits per heavy atom. The van der Waals surface area contributed by atoms with E-state index in [4.69, 9.17) is 5.26 Å². The highest BCUT2D eigenvalue weighted by molar-refractivity contribution is 5.20. The SMILES string of the molecule is CN1CC=C(C#N)N1. The fourth-order valence-electron chi connectivity index (χ4n) is 0.596. The summed E-state index contributed by atoms with van der Waals surface area (Å²) >= 11 is 0. The summed E-state index contributed by atoms with van der Waals surface area (Å²) in [6.45, 7) is 0.822. The van der Waals surface area contributed by atoms with Crippen LogP contribution < -0.4 is 5.43 Å². The number of rotatable bonds is 0. The summed E-state index contributed by atoms with van der Waals surface area (Å²) in [7, 11) is 1.89. The van der Waals surface area contributed by atoms with Crippen LogP contribution in [0.4, 0.5) is 0 Å². The Bertz CT molecular complexity index is 154. The maximum absolute atomic E-state index is 8.28. The molecule has 0 aliphatic carbocycles. The summed E-state index contributed by atoms with van der Waals surface area (Å²) in [5.41, 5.74) is 3.48. The van der Waals surface area contributed by atoms with Crippen molar-refractivity contribution in [3.05, 3.63) is 11.8 Å². The second-order valence-electron chi connectivity index (χ2n) is 1.72. The molecule has 0 saturated carbocycles. The van der Waals surface area contributed by atoms with Gasteiger partial charge >= 0.3 is 0 Å². The lowest BCUT2D eigenvalue weighted by atomic mass is 10.5. The number of nitrogens with zero attached hydrogens (tertiary/aromatic N) is 2. The molecule has 0 unspecified atom stereocenters. The van der Waals surface area contributed by atoms with E-state index < -0.39 is 0 Å². The van der Waals surface area contributed by atoms with E-state index in [1.165, 1.54) is 0 Å². The van der Waals surface area contributed by atoms with E-state index in [0.29, 0.717) is 5.70 Å². The first kappa shape index (κ1) is 5.13. The Hall–Kier alpha value is -1.01. The first-order valence-corrected chi connectivity index (χ1v) is 2.41. The highest BCUT2D eigenvalue weighted by atomic mass is 15.5. The highest BCUT2D eigenvalue weighted by Gasteiger charge is 2.05. The van der Waals surface area contributed by atoms with Crippen molar-refractivity contribution < 1.29 is 0 Å². The molecule has 0 fully saturated rings. The van der Waals surface area contributed by atoms with E-state index in [-0.39, 0.29) is 0 Å². The first-order valence-electron chi connectivity index (χ1n) is 2.41. The Balaban J connectivity index is 2.53. The van der Waals surface area contributed by atoms with Gasteiger partial charge in [0.05, 0.1) is 0 Å². The van der Waals surface area contributed by atoms with E-state index in [9.17, 15) is 0 Å². The molecule has 3 heteroatoms. The van der Waals surface area contributed by atoms with Gasteiger partial charge in [-0.25, -0.2) is 5.01 Å². The Labute approximate surface area is 48.2 Å². The molecule has 0 aromatic carbocycles. The van der Waals surface area contributed by atoms with Crippen LogP contribution >= 0.6 is 0 Å². The lowest BCUT2D eigenvalue weighted by Gasteiger charge is -2.06. The summed E-state index contributed by atoms with van der Waals surface area (Å²) in [4.78, 5) is 0. The van der Waals surface area contributed by atoms with Crippen molar-refractivity contribution in [2.24, 2.45) is 0 Å². The second kappa shape index (κ2) is 1.85. The molecule has 0 spiro atoms. The summed E-state index contributed by atoms with van der Waals surface area (Å²) in [6, 6.07) is 2.00. The zero-order valence-electron chi connectivity index (χ0n) is 4.68. The van der Waals surface area contributed by atoms with Crippen LogP contribution in [0.3, 0.4) is 0 Å². The maximum atomic E-state index is 8.28. The Kier molecular flexibility index (Phi) is 1.18. The minimum absolute atomic E-state index is 0.646. The maximum Gasteiger partial charge on any atom is 0.125 e. The van der Waals surface area contributed by atoms with Crippen molar-refractivity contribution in [1.29, 1.82) is 5.26 Å². The number of nitriles is 1. The molecule has 42 valence electrons. The summed E-state index contributed by atoms with van der Waals surface area (Å²) in [5.74, 6) is 0. The molecule has 8 heavy (non-hydrogen) atoms. The van der Waals surface area contributed by atoms with Crippen LogP contribution in [0.25, 0.3) is 0 Å². The van der Waals surface area contributed by atoms with Crippen LogP contribution in [-0.4, -0.2) is 18.6 Å². The van der Waals surface area contributed by atoms with E-state index in [0.717, 1.165) is 6.54 Å². The van der Waals surface area contributed by atoms with Gasteiger partial charge in [0.15, 0.2) is 0 Å². The molecule has 0 atom stereocenters. The van der Waals surface area contributed by atoms with Crippen LogP contribution in [0.5, 0.6) is 0 Å². The average molecular weight is 109 g/mol. The summed E-state index contributed by atoms with van der Waals surface area (Å²) < 4.78 is 0. The smallest absolute Gasteiger partial charge is 0.125 e. The number of likely N-dealkylation sites (N-methyl/N-ethyl adjacent to an activating group) is 1. The van der Waals surface area contributed by atoms with Gasteiger partial charge in [-0.15, -0.1) is 0 Å². The summed E-state index contributed by atoms with van der Waals surface area (Å²) in [6.07, 6.45) is 1.85. The summed E-state index contributed by atoms with van der Waals surface area (Å²) in [5, 5.41) is 10.1. The van der Waals surface area contributed by atoms with Crippen molar-refractivity contribution in [2.45, 2.75) is 0 Å². The van der Waals surface area contributed by atoms with Crippen molar-refractivity contribution >= 4 is 0 Å². The Morgan fingerprint density at radius 3 is 3.00 bits per heavy atom.